The molecule has 0 spiro atoms. The van der Waals surface area contributed by atoms with Gasteiger partial charge in [-0.05, 0) is 0 Å². The maximum atomic E-state index is 3.82. The minimum atomic E-state index is -1.68. The predicted octanol–water partition coefficient (Wildman–Crippen LogP) is 2.66. The molecule has 0 fully saturated rings. The Kier molecular flexibility index (Phi) is 7.13. The standard InChI is InChI=1S/3C3H5.Na.Sn/c3*1-3-2;;/h3*3H,1-2H2;;. The Morgan fingerprint density at radius 3 is 1.36 bits per heavy atom. The van der Waals surface area contributed by atoms with E-state index in [2.05, 4.69) is 38.0 Å². The average molecular weight is 265 g/mol. The van der Waals surface area contributed by atoms with Gasteiger partial charge in [0.25, 0.3) is 0 Å². The van der Waals surface area contributed by atoms with E-state index in [4.69, 9.17) is 0 Å². The van der Waals surface area contributed by atoms with Crippen LogP contribution in [0.1, 0.15) is 0 Å². The molecule has 0 radical (unpaired) electrons. The molecular formula is C9H15NaSn. The van der Waals surface area contributed by atoms with Crippen molar-refractivity contribution in [3.8, 4) is 0 Å². The molecule has 0 bridgehead atoms. The van der Waals surface area contributed by atoms with Gasteiger partial charge in [-0.3, -0.25) is 0 Å². The van der Waals surface area contributed by atoms with E-state index in [-0.39, 0.29) is 0 Å². The molecule has 0 saturated heterocycles. The molecule has 0 aliphatic rings. The van der Waals surface area contributed by atoms with Gasteiger partial charge in [0.15, 0.2) is 0 Å². The summed E-state index contributed by atoms with van der Waals surface area (Å²) in [6, 6.07) is 0. The summed E-state index contributed by atoms with van der Waals surface area (Å²) in [6.07, 6.45) is 6.28. The molecule has 0 aliphatic carbocycles. The van der Waals surface area contributed by atoms with Crippen LogP contribution in [0.15, 0.2) is 38.0 Å². The van der Waals surface area contributed by atoms with Crippen molar-refractivity contribution in [2.24, 2.45) is 0 Å². The summed E-state index contributed by atoms with van der Waals surface area (Å²) in [5.74, 6) is 0. The third kappa shape index (κ3) is 5.29. The van der Waals surface area contributed by atoms with Gasteiger partial charge in [0.1, 0.15) is 0 Å². The Labute approximate surface area is 86.6 Å². The molecule has 0 aromatic carbocycles. The first-order valence-corrected chi connectivity index (χ1v) is 19.6. The zero-order valence-corrected chi connectivity index (χ0v) is 12.3. The summed E-state index contributed by atoms with van der Waals surface area (Å²) in [6.45, 7) is 11.4. The van der Waals surface area contributed by atoms with Gasteiger partial charge in [0.05, 0.1) is 0 Å². The molecule has 0 aromatic rings. The first kappa shape index (κ1) is 12.0. The maximum absolute atomic E-state index is 3.82. The first-order chi connectivity index (χ1) is 5.18. The molecule has 0 heterocycles. The van der Waals surface area contributed by atoms with Crippen LogP contribution in [-0.2, 0) is 0 Å². The summed E-state index contributed by atoms with van der Waals surface area (Å²) in [5.41, 5.74) is 0. The van der Waals surface area contributed by atoms with E-state index >= 15 is 0 Å². The second-order valence-corrected chi connectivity index (χ2v) is 31.4. The van der Waals surface area contributed by atoms with Gasteiger partial charge in [-0.2, -0.15) is 0 Å². The monoisotopic (exact) mass is 266 g/mol. The molecule has 0 nitrogen and oxygen atoms in total. The summed E-state index contributed by atoms with van der Waals surface area (Å²) < 4.78 is 3.91. The number of hydrogen-bond acceptors (Lipinski definition) is 0. The fraction of sp³-hybridized carbons (Fsp3) is 0.333. The van der Waals surface area contributed by atoms with Crippen LogP contribution in [0.3, 0.4) is 0 Å². The van der Waals surface area contributed by atoms with E-state index in [0.717, 1.165) is 0 Å². The van der Waals surface area contributed by atoms with Crippen molar-refractivity contribution in [3.05, 3.63) is 38.0 Å². The fourth-order valence-electron chi connectivity index (χ4n) is 1.30. The molecule has 56 valence electrons. The molecule has 0 rings (SSSR count). The second-order valence-electron chi connectivity index (χ2n) is 3.29. The van der Waals surface area contributed by atoms with Crippen molar-refractivity contribution in [2.45, 2.75) is 13.3 Å². The molecule has 0 saturated carbocycles. The van der Waals surface area contributed by atoms with Gasteiger partial charge in [0, 0.05) is 0 Å². The first-order valence-electron chi connectivity index (χ1n) is 4.01. The van der Waals surface area contributed by atoms with Crippen LogP contribution >= 0.6 is 0 Å². The number of allylic oxidation sites excluding steroid dienone is 3. The van der Waals surface area contributed by atoms with Crippen LogP contribution < -0.4 is 0 Å². The Morgan fingerprint density at radius 1 is 0.909 bits per heavy atom. The van der Waals surface area contributed by atoms with Gasteiger partial charge in [-0.15, -0.1) is 0 Å². The van der Waals surface area contributed by atoms with Crippen LogP contribution in [0.25, 0.3) is 0 Å². The Balaban J connectivity index is 4.09. The third-order valence-corrected chi connectivity index (χ3v) is 21.0. The zero-order chi connectivity index (χ0) is 8.74. The Morgan fingerprint density at radius 2 is 1.18 bits per heavy atom. The normalized spacial score (nSPS) is 10.7. The SMILES string of the molecule is C=C[CH2][Sn]([Na])([CH2]C=C)[CH2]C=C. The third-order valence-electron chi connectivity index (χ3n) is 1.91. The van der Waals surface area contributed by atoms with E-state index in [1.54, 1.807) is 0 Å². The Hall–Kier alpha value is 1.02. The van der Waals surface area contributed by atoms with E-state index < -0.39 is 13.0 Å². The van der Waals surface area contributed by atoms with Crippen molar-refractivity contribution in [2.75, 3.05) is 0 Å². The summed E-state index contributed by atoms with van der Waals surface area (Å²) in [4.78, 5) is 0. The van der Waals surface area contributed by atoms with E-state index in [9.17, 15) is 0 Å². The molecule has 0 unspecified atom stereocenters. The van der Waals surface area contributed by atoms with Crippen molar-refractivity contribution >= 4 is 36.4 Å². The topological polar surface area (TPSA) is 0 Å². The minimum absolute atomic E-state index is 1.30. The number of hydrogen-bond donors (Lipinski definition) is 0. The van der Waals surface area contributed by atoms with E-state index in [1.165, 1.54) is 36.8 Å². The van der Waals surface area contributed by atoms with Gasteiger partial charge in [-0.1, -0.05) is 0 Å². The van der Waals surface area contributed by atoms with Crippen molar-refractivity contribution in [3.63, 3.8) is 0 Å². The van der Waals surface area contributed by atoms with Gasteiger partial charge in [-0.25, -0.2) is 0 Å². The van der Waals surface area contributed by atoms with E-state index in [1.807, 2.05) is 0 Å². The molecule has 0 aromatic heterocycles. The van der Waals surface area contributed by atoms with Crippen molar-refractivity contribution < 1.29 is 0 Å². The quantitative estimate of drug-likeness (QED) is 0.511. The van der Waals surface area contributed by atoms with Crippen LogP contribution in [0.4, 0.5) is 0 Å². The predicted molar refractivity (Wildman–Crippen MR) is 56.5 cm³/mol. The van der Waals surface area contributed by atoms with Crippen molar-refractivity contribution in [1.82, 2.24) is 0 Å². The van der Waals surface area contributed by atoms with Crippen LogP contribution in [0.2, 0.25) is 13.3 Å². The molecule has 0 atom stereocenters. The molecule has 0 N–H and O–H groups in total. The average Bonchev–Trinajstić information content (AvgIpc) is 1.88. The zero-order valence-electron chi connectivity index (χ0n) is 7.47. The molecular weight excluding hydrogens is 250 g/mol. The van der Waals surface area contributed by atoms with Gasteiger partial charge >= 0.3 is 87.7 Å². The Bertz CT molecular complexity index is 125. The van der Waals surface area contributed by atoms with Crippen LogP contribution in [-0.4, -0.2) is 36.4 Å². The van der Waals surface area contributed by atoms with Gasteiger partial charge < -0.3 is 0 Å². The van der Waals surface area contributed by atoms with Gasteiger partial charge in [0.2, 0.25) is 0 Å². The summed E-state index contributed by atoms with van der Waals surface area (Å²) in [5, 5.41) is 0. The summed E-state index contributed by atoms with van der Waals surface area (Å²) >= 11 is -0.288. The second kappa shape index (κ2) is 6.53. The molecule has 0 aliphatic heterocycles. The summed E-state index contributed by atoms with van der Waals surface area (Å²) in [7, 11) is 0. The van der Waals surface area contributed by atoms with Crippen LogP contribution in [0.5, 0.6) is 0 Å². The van der Waals surface area contributed by atoms with Crippen molar-refractivity contribution in [1.29, 1.82) is 0 Å². The van der Waals surface area contributed by atoms with Crippen LogP contribution in [0, 0.1) is 0 Å². The van der Waals surface area contributed by atoms with E-state index in [0.29, 0.717) is 0 Å². The molecule has 2 heteroatoms. The molecule has 0 amide bonds. The molecule has 11 heavy (non-hydrogen) atoms. The number of rotatable bonds is 6. The fourth-order valence-corrected chi connectivity index (χ4v) is 14.5.